The van der Waals surface area contributed by atoms with E-state index < -0.39 is 0 Å². The van der Waals surface area contributed by atoms with Crippen LogP contribution in [-0.2, 0) is 0 Å². The minimum Gasteiger partial charge on any atom is -0.497 e. The lowest BCUT2D eigenvalue weighted by Crippen LogP contribution is -1.99. The summed E-state index contributed by atoms with van der Waals surface area (Å²) in [6.07, 6.45) is 11.8. The van der Waals surface area contributed by atoms with E-state index in [9.17, 15) is 0 Å². The van der Waals surface area contributed by atoms with E-state index in [-0.39, 0.29) is 0 Å². The minimum atomic E-state index is 0.449. The van der Waals surface area contributed by atoms with Gasteiger partial charge >= 0.3 is 0 Å². The lowest BCUT2D eigenvalue weighted by Gasteiger charge is -2.10. The van der Waals surface area contributed by atoms with Crippen molar-refractivity contribution in [2.45, 2.75) is 0 Å². The second-order valence-corrected chi connectivity index (χ2v) is 15.6. The predicted octanol–water partition coefficient (Wildman–Crippen LogP) is 12.3. The molecule has 0 amide bonds. The van der Waals surface area contributed by atoms with Crippen LogP contribution in [0.5, 0.6) is 17.2 Å². The highest BCUT2D eigenvalue weighted by Crippen LogP contribution is 2.39. The molecule has 0 radical (unpaired) electrons. The summed E-state index contributed by atoms with van der Waals surface area (Å²) in [4.78, 5) is 38.4. The molecule has 11 nitrogen and oxygen atoms in total. The van der Waals surface area contributed by atoms with E-state index in [1.165, 1.54) is 0 Å². The number of fused-ring (bicyclic) bond motifs is 8. The van der Waals surface area contributed by atoms with Crippen molar-refractivity contribution in [3.8, 4) is 84.8 Å². The number of nitrogens with zero attached hydrogens (tertiary/aromatic N) is 6. The molecule has 3 aromatic carbocycles. The zero-order chi connectivity index (χ0) is 44.6. The number of hydrogen-bond donors (Lipinski definition) is 2. The fraction of sp³-hybridized carbons (Fsp3) is 0.0545. The van der Waals surface area contributed by atoms with Crippen LogP contribution in [0, 0.1) is 0 Å². The molecule has 11 heteroatoms. The molecule has 9 aromatic rings. The number of methoxy groups -OCH3 is 3. The number of pyridine rings is 2. The van der Waals surface area contributed by atoms with Gasteiger partial charge in [-0.25, -0.2) is 19.9 Å². The summed E-state index contributed by atoms with van der Waals surface area (Å²) < 4.78 is 16.7. The van der Waals surface area contributed by atoms with Crippen molar-refractivity contribution in [1.29, 1.82) is 0 Å². The monoisotopic (exact) mass is 860 g/mol. The summed E-state index contributed by atoms with van der Waals surface area (Å²) in [5.41, 5.74) is 15.3. The zero-order valence-electron chi connectivity index (χ0n) is 36.2. The maximum Gasteiger partial charge on any atom is 0.164 e. The van der Waals surface area contributed by atoms with Gasteiger partial charge in [-0.3, -0.25) is 9.97 Å². The Morgan fingerprint density at radius 2 is 0.697 bits per heavy atom. The van der Waals surface area contributed by atoms with Gasteiger partial charge in [0.15, 0.2) is 5.82 Å². The predicted molar refractivity (Wildman–Crippen MR) is 262 cm³/mol. The number of rotatable bonds is 9. The molecule has 0 saturated heterocycles. The number of benzene rings is 3. The number of H-pyrrole nitrogens is 2. The molecular weight excluding hydrogens is 821 g/mol. The number of aromatic nitrogens is 8. The van der Waals surface area contributed by atoms with Crippen LogP contribution in [0.25, 0.3) is 114 Å². The molecule has 0 aliphatic carbocycles. The summed E-state index contributed by atoms with van der Waals surface area (Å²) in [7, 11) is 5.01. The first-order valence-corrected chi connectivity index (χ1v) is 21.4. The van der Waals surface area contributed by atoms with Gasteiger partial charge in [-0.2, -0.15) is 0 Å². The largest absolute Gasteiger partial charge is 0.497 e. The highest BCUT2D eigenvalue weighted by atomic mass is 16.5. The highest BCUT2D eigenvalue weighted by molar-refractivity contribution is 5.99. The van der Waals surface area contributed by atoms with E-state index in [2.05, 4.69) is 82.8 Å². The topological polar surface area (TPSA) is 137 Å². The zero-order valence-corrected chi connectivity index (χ0v) is 36.2. The normalized spacial score (nSPS) is 11.7. The van der Waals surface area contributed by atoms with Crippen LogP contribution >= 0.6 is 0 Å². The van der Waals surface area contributed by atoms with E-state index in [0.717, 1.165) is 89.8 Å². The SMILES string of the molecule is COc1ccc(-c2c3nc(c(-c4ccc(OC)cc4)c4ccc([nH]4)c(-c4nc(-c5ccccn5)cc(-c5ccccn5)n4)c4nc(c(-c5ccc(OC)cc5)c5ccc2[nH]5)C=C4)C=C3)cc1. The van der Waals surface area contributed by atoms with Crippen molar-refractivity contribution in [2.24, 2.45) is 0 Å². The van der Waals surface area contributed by atoms with Gasteiger partial charge in [0.25, 0.3) is 0 Å². The van der Waals surface area contributed by atoms with Gasteiger partial charge in [0.1, 0.15) is 17.2 Å². The van der Waals surface area contributed by atoms with Gasteiger partial charge in [0, 0.05) is 45.6 Å². The summed E-state index contributed by atoms with van der Waals surface area (Å²) in [6, 6.07) is 46.0. The van der Waals surface area contributed by atoms with Crippen molar-refractivity contribution in [3.63, 3.8) is 0 Å². The van der Waals surface area contributed by atoms with Crippen LogP contribution in [0.3, 0.4) is 0 Å². The number of aromatic amines is 2. The van der Waals surface area contributed by atoms with Crippen LogP contribution < -0.4 is 14.2 Å². The Morgan fingerprint density at radius 1 is 0.348 bits per heavy atom. The Morgan fingerprint density at radius 3 is 1.03 bits per heavy atom. The molecular formula is C55H40N8O3. The number of ether oxygens (including phenoxy) is 3. The van der Waals surface area contributed by atoms with Gasteiger partial charge in [-0.1, -0.05) is 48.5 Å². The van der Waals surface area contributed by atoms with E-state index in [1.54, 1.807) is 33.7 Å². The van der Waals surface area contributed by atoms with E-state index in [0.29, 0.717) is 39.9 Å². The minimum absolute atomic E-state index is 0.449. The first-order valence-electron chi connectivity index (χ1n) is 21.4. The molecule has 8 bridgehead atoms. The Kier molecular flexibility index (Phi) is 10.2. The molecule has 2 aliphatic rings. The molecule has 6 aromatic heterocycles. The quantitative estimate of drug-likeness (QED) is 0.145. The Hall–Kier alpha value is -8.96. The smallest absolute Gasteiger partial charge is 0.164 e. The van der Waals surface area contributed by atoms with Crippen molar-refractivity contribution in [1.82, 2.24) is 39.9 Å². The third kappa shape index (κ3) is 7.43. The van der Waals surface area contributed by atoms with Crippen molar-refractivity contribution < 1.29 is 14.2 Å². The lowest BCUT2D eigenvalue weighted by molar-refractivity contribution is 0.415. The van der Waals surface area contributed by atoms with Crippen molar-refractivity contribution >= 4 is 46.4 Å². The second-order valence-electron chi connectivity index (χ2n) is 15.6. The van der Waals surface area contributed by atoms with Crippen LogP contribution in [0.1, 0.15) is 22.8 Å². The van der Waals surface area contributed by atoms with Crippen molar-refractivity contribution in [3.05, 3.63) is 175 Å². The molecule has 66 heavy (non-hydrogen) atoms. The fourth-order valence-corrected chi connectivity index (χ4v) is 8.47. The third-order valence-corrected chi connectivity index (χ3v) is 11.7. The summed E-state index contributed by atoms with van der Waals surface area (Å²) in [6.45, 7) is 0. The summed E-state index contributed by atoms with van der Waals surface area (Å²) in [5.74, 6) is 2.72. The van der Waals surface area contributed by atoms with Crippen molar-refractivity contribution in [2.75, 3.05) is 21.3 Å². The fourth-order valence-electron chi connectivity index (χ4n) is 8.47. The molecule has 8 heterocycles. The average Bonchev–Trinajstić information content (AvgIpc) is 4.24. The van der Waals surface area contributed by atoms with Crippen LogP contribution in [0.15, 0.2) is 152 Å². The summed E-state index contributed by atoms with van der Waals surface area (Å²) in [5, 5.41) is 0. The van der Waals surface area contributed by atoms with Gasteiger partial charge in [0.05, 0.1) is 78.0 Å². The standard InChI is InChI=1S/C55H40N8O3/c1-64-36-16-10-33(11-17-36)51-41-22-24-43(58-41)52(34-12-18-37(65-2)19-13-34)45-26-28-47(60-45)54(55-62-49(39-8-4-6-30-56-39)32-50(63-55)40-9-5-7-31-57-40)48-29-27-46(61-48)53(44-25-23-42(51)59-44)35-14-20-38(66-3)21-15-35/h4-32,58,61H,1-3H3. The average molecular weight is 861 g/mol. The van der Waals surface area contributed by atoms with Crippen LogP contribution in [-0.4, -0.2) is 61.2 Å². The molecule has 0 spiro atoms. The number of hydrogen-bond acceptors (Lipinski definition) is 9. The number of nitrogens with one attached hydrogen (secondary N) is 2. The van der Waals surface area contributed by atoms with E-state index >= 15 is 0 Å². The Balaban J connectivity index is 1.28. The maximum atomic E-state index is 5.58. The third-order valence-electron chi connectivity index (χ3n) is 11.7. The molecule has 2 aliphatic heterocycles. The maximum absolute atomic E-state index is 5.58. The second kappa shape index (κ2) is 17.0. The molecule has 0 unspecified atom stereocenters. The molecule has 2 N–H and O–H groups in total. The highest BCUT2D eigenvalue weighted by Gasteiger charge is 2.22. The first-order chi connectivity index (χ1) is 32.5. The van der Waals surface area contributed by atoms with Gasteiger partial charge in [0.2, 0.25) is 0 Å². The molecule has 318 valence electrons. The van der Waals surface area contributed by atoms with Crippen LogP contribution in [0.4, 0.5) is 0 Å². The Labute approximate surface area is 379 Å². The molecule has 11 rings (SSSR count). The van der Waals surface area contributed by atoms with Crippen LogP contribution in [0.2, 0.25) is 0 Å². The van der Waals surface area contributed by atoms with E-state index in [1.807, 2.05) is 91.0 Å². The van der Waals surface area contributed by atoms with Gasteiger partial charge in [-0.15, -0.1) is 0 Å². The summed E-state index contributed by atoms with van der Waals surface area (Å²) >= 11 is 0. The molecule has 0 fully saturated rings. The molecule has 0 atom stereocenters. The first kappa shape index (κ1) is 39.9. The van der Waals surface area contributed by atoms with Gasteiger partial charge < -0.3 is 24.2 Å². The lowest BCUT2D eigenvalue weighted by atomic mass is 10.0. The van der Waals surface area contributed by atoms with E-state index in [4.69, 9.17) is 44.1 Å². The Bertz CT molecular complexity index is 3410. The molecule has 0 saturated carbocycles. The van der Waals surface area contributed by atoms with Gasteiger partial charge in [-0.05, 0) is 132 Å².